The highest BCUT2D eigenvalue weighted by atomic mass is 16.5. The molecule has 0 bridgehead atoms. The smallest absolute Gasteiger partial charge is 0.239 e. The lowest BCUT2D eigenvalue weighted by molar-refractivity contribution is -0.119. The van der Waals surface area contributed by atoms with Crippen LogP contribution < -0.4 is 15.4 Å². The highest BCUT2D eigenvalue weighted by molar-refractivity contribution is 5.80. The molecule has 0 unspecified atom stereocenters. The molecule has 1 rings (SSSR count). The Bertz CT molecular complexity index is 391. The summed E-state index contributed by atoms with van der Waals surface area (Å²) in [4.78, 5) is 13.7. The van der Waals surface area contributed by atoms with Crippen molar-refractivity contribution >= 4 is 11.6 Å². The minimum Gasteiger partial charge on any atom is -0.494 e. The Hall–Kier alpha value is -1.75. The van der Waals surface area contributed by atoms with Crippen molar-refractivity contribution in [2.75, 3.05) is 45.7 Å². The number of carbonyl (C=O) groups excluding carboxylic acids is 1. The first kappa shape index (κ1) is 16.3. The van der Waals surface area contributed by atoms with E-state index < -0.39 is 0 Å². The summed E-state index contributed by atoms with van der Waals surface area (Å²) in [7, 11) is 4.05. The summed E-state index contributed by atoms with van der Waals surface area (Å²) in [5.41, 5.74) is 0.914. The molecule has 2 N–H and O–H groups in total. The Morgan fingerprint density at radius 2 is 1.95 bits per heavy atom. The van der Waals surface area contributed by atoms with Crippen molar-refractivity contribution in [1.29, 1.82) is 0 Å². The van der Waals surface area contributed by atoms with Crippen LogP contribution in [0.3, 0.4) is 0 Å². The van der Waals surface area contributed by atoms with E-state index in [0.29, 0.717) is 13.2 Å². The number of rotatable bonds is 9. The second kappa shape index (κ2) is 9.20. The zero-order valence-electron chi connectivity index (χ0n) is 12.6. The van der Waals surface area contributed by atoms with Crippen LogP contribution in [0, 0.1) is 0 Å². The molecule has 0 fully saturated rings. The van der Waals surface area contributed by atoms with Gasteiger partial charge in [0.05, 0.1) is 13.2 Å². The van der Waals surface area contributed by atoms with Crippen LogP contribution in [0.1, 0.15) is 13.3 Å². The summed E-state index contributed by atoms with van der Waals surface area (Å²) >= 11 is 0. The number of benzene rings is 1. The molecule has 5 nitrogen and oxygen atoms in total. The van der Waals surface area contributed by atoms with Crippen LogP contribution in [0.25, 0.3) is 0 Å². The molecule has 0 saturated carbocycles. The van der Waals surface area contributed by atoms with Gasteiger partial charge in [-0.25, -0.2) is 0 Å². The lowest BCUT2D eigenvalue weighted by Gasteiger charge is -2.11. The lowest BCUT2D eigenvalue weighted by atomic mass is 10.3. The van der Waals surface area contributed by atoms with Gasteiger partial charge in [-0.1, -0.05) is 0 Å². The van der Waals surface area contributed by atoms with Crippen LogP contribution >= 0.6 is 0 Å². The van der Waals surface area contributed by atoms with Crippen molar-refractivity contribution in [2.24, 2.45) is 0 Å². The van der Waals surface area contributed by atoms with E-state index in [0.717, 1.165) is 24.4 Å². The maximum absolute atomic E-state index is 11.6. The predicted molar refractivity (Wildman–Crippen MR) is 82.3 cm³/mol. The van der Waals surface area contributed by atoms with Gasteiger partial charge in [-0.15, -0.1) is 0 Å². The van der Waals surface area contributed by atoms with Crippen molar-refractivity contribution in [3.63, 3.8) is 0 Å². The van der Waals surface area contributed by atoms with E-state index in [9.17, 15) is 4.79 Å². The van der Waals surface area contributed by atoms with Crippen molar-refractivity contribution in [2.45, 2.75) is 13.3 Å². The van der Waals surface area contributed by atoms with Gasteiger partial charge in [0.25, 0.3) is 0 Å². The lowest BCUT2D eigenvalue weighted by Crippen LogP contribution is -2.31. The number of carbonyl (C=O) groups is 1. The van der Waals surface area contributed by atoms with Gasteiger partial charge in [0.2, 0.25) is 5.91 Å². The topological polar surface area (TPSA) is 53.6 Å². The molecule has 0 atom stereocenters. The van der Waals surface area contributed by atoms with Gasteiger partial charge in [0.1, 0.15) is 5.75 Å². The third-order valence-electron chi connectivity index (χ3n) is 2.72. The van der Waals surface area contributed by atoms with E-state index in [1.165, 1.54) is 0 Å². The molecular formula is C15H25N3O2. The molecule has 0 aliphatic carbocycles. The number of nitrogens with one attached hydrogen (secondary N) is 2. The molecular weight excluding hydrogens is 254 g/mol. The van der Waals surface area contributed by atoms with Crippen LogP contribution in [0.5, 0.6) is 5.75 Å². The number of ether oxygens (including phenoxy) is 1. The zero-order valence-corrected chi connectivity index (χ0v) is 12.6. The summed E-state index contributed by atoms with van der Waals surface area (Å²) in [6, 6.07) is 7.59. The average molecular weight is 279 g/mol. The third-order valence-corrected chi connectivity index (χ3v) is 2.72. The van der Waals surface area contributed by atoms with E-state index in [2.05, 4.69) is 15.5 Å². The van der Waals surface area contributed by atoms with Crippen molar-refractivity contribution < 1.29 is 9.53 Å². The molecule has 0 radical (unpaired) electrons. The maximum Gasteiger partial charge on any atom is 0.239 e. The van der Waals surface area contributed by atoms with Crippen LogP contribution in [0.15, 0.2) is 24.3 Å². The standard InChI is InChI=1S/C15H25N3O2/c1-4-20-14-8-6-13(7-9-14)17-12-15(19)16-10-5-11-18(2)3/h6-9,17H,4-5,10-12H2,1-3H3,(H,16,19). The first-order valence-electron chi connectivity index (χ1n) is 7.00. The Labute approximate surface area is 121 Å². The minimum atomic E-state index is 0.0117. The largest absolute Gasteiger partial charge is 0.494 e. The Kier molecular flexibility index (Phi) is 7.50. The monoisotopic (exact) mass is 279 g/mol. The van der Waals surface area contributed by atoms with Crippen molar-refractivity contribution in [1.82, 2.24) is 10.2 Å². The molecule has 0 aromatic heterocycles. The fourth-order valence-electron chi connectivity index (χ4n) is 1.70. The van der Waals surface area contributed by atoms with Crippen molar-refractivity contribution in [3.8, 4) is 5.75 Å². The highest BCUT2D eigenvalue weighted by Crippen LogP contribution is 2.15. The second-order valence-electron chi connectivity index (χ2n) is 4.82. The molecule has 20 heavy (non-hydrogen) atoms. The SMILES string of the molecule is CCOc1ccc(NCC(=O)NCCCN(C)C)cc1. The van der Waals surface area contributed by atoms with Gasteiger partial charge in [0, 0.05) is 12.2 Å². The molecule has 112 valence electrons. The summed E-state index contributed by atoms with van der Waals surface area (Å²) in [6.07, 6.45) is 0.960. The molecule has 1 aromatic carbocycles. The van der Waals surface area contributed by atoms with E-state index >= 15 is 0 Å². The normalized spacial score (nSPS) is 10.4. The summed E-state index contributed by atoms with van der Waals surface area (Å²) in [5.74, 6) is 0.851. The van der Waals surface area contributed by atoms with E-state index in [-0.39, 0.29) is 12.5 Å². The molecule has 0 aliphatic rings. The predicted octanol–water partition coefficient (Wildman–Crippen LogP) is 1.57. The van der Waals surface area contributed by atoms with Crippen molar-refractivity contribution in [3.05, 3.63) is 24.3 Å². The molecule has 0 heterocycles. The van der Waals surface area contributed by atoms with Gasteiger partial charge in [-0.2, -0.15) is 0 Å². The Morgan fingerprint density at radius 3 is 2.55 bits per heavy atom. The van der Waals surface area contributed by atoms with Crippen LogP contribution in [-0.2, 0) is 4.79 Å². The summed E-state index contributed by atoms with van der Waals surface area (Å²) in [5, 5.41) is 5.97. The number of hydrogen-bond donors (Lipinski definition) is 2. The van der Waals surface area contributed by atoms with Gasteiger partial charge >= 0.3 is 0 Å². The molecule has 0 spiro atoms. The molecule has 0 saturated heterocycles. The van der Waals surface area contributed by atoms with Gasteiger partial charge in [0.15, 0.2) is 0 Å². The first-order chi connectivity index (χ1) is 9.61. The first-order valence-corrected chi connectivity index (χ1v) is 7.00. The van der Waals surface area contributed by atoms with E-state index in [1.54, 1.807) is 0 Å². The van der Waals surface area contributed by atoms with Crippen LogP contribution in [0.4, 0.5) is 5.69 Å². The molecule has 5 heteroatoms. The number of hydrogen-bond acceptors (Lipinski definition) is 4. The fourth-order valence-corrected chi connectivity index (χ4v) is 1.70. The van der Waals surface area contributed by atoms with Gasteiger partial charge in [-0.3, -0.25) is 4.79 Å². The molecule has 1 aromatic rings. The Morgan fingerprint density at radius 1 is 1.25 bits per heavy atom. The number of amides is 1. The summed E-state index contributed by atoms with van der Waals surface area (Å²) in [6.45, 7) is 4.58. The fraction of sp³-hybridized carbons (Fsp3) is 0.533. The maximum atomic E-state index is 11.6. The average Bonchev–Trinajstić information content (AvgIpc) is 2.43. The minimum absolute atomic E-state index is 0.0117. The molecule has 1 amide bonds. The van der Waals surface area contributed by atoms with E-state index in [1.807, 2.05) is 45.3 Å². The quantitative estimate of drug-likeness (QED) is 0.674. The van der Waals surface area contributed by atoms with Gasteiger partial charge < -0.3 is 20.3 Å². The second-order valence-corrected chi connectivity index (χ2v) is 4.82. The number of nitrogens with zero attached hydrogens (tertiary/aromatic N) is 1. The number of anilines is 1. The molecule has 0 aliphatic heterocycles. The van der Waals surface area contributed by atoms with E-state index in [4.69, 9.17) is 4.74 Å². The van der Waals surface area contributed by atoms with Crippen LogP contribution in [0.2, 0.25) is 0 Å². The summed E-state index contributed by atoms with van der Waals surface area (Å²) < 4.78 is 5.36. The third kappa shape index (κ3) is 6.99. The highest BCUT2D eigenvalue weighted by Gasteiger charge is 2.01. The Balaban J connectivity index is 2.20. The zero-order chi connectivity index (χ0) is 14.8. The van der Waals surface area contributed by atoms with Crippen LogP contribution in [-0.4, -0.2) is 51.1 Å². The van der Waals surface area contributed by atoms with Gasteiger partial charge in [-0.05, 0) is 58.3 Å².